The molecule has 0 aliphatic carbocycles. The second kappa shape index (κ2) is 12.1. The summed E-state index contributed by atoms with van der Waals surface area (Å²) in [6.07, 6.45) is 3.99. The van der Waals surface area contributed by atoms with Gasteiger partial charge in [-0.1, -0.05) is 18.6 Å². The van der Waals surface area contributed by atoms with Crippen molar-refractivity contribution >= 4 is 5.96 Å². The van der Waals surface area contributed by atoms with Crippen LogP contribution in [0.15, 0.2) is 29.3 Å². The highest BCUT2D eigenvalue weighted by molar-refractivity contribution is 5.79. The molecule has 2 heterocycles. The lowest BCUT2D eigenvalue weighted by Crippen LogP contribution is -2.44. The van der Waals surface area contributed by atoms with Crippen molar-refractivity contribution in [3.63, 3.8) is 0 Å². The Morgan fingerprint density at radius 1 is 1.07 bits per heavy atom. The topological polar surface area (TPSA) is 52.1 Å². The molecule has 2 N–H and O–H groups in total. The first-order chi connectivity index (χ1) is 14.3. The maximum Gasteiger partial charge on any atom is 0.191 e. The number of guanidine groups is 1. The van der Waals surface area contributed by atoms with Crippen molar-refractivity contribution in [2.24, 2.45) is 4.99 Å². The first kappa shape index (κ1) is 22.0. The average molecular weight is 406 g/mol. The monoisotopic (exact) mass is 405 g/mol. The van der Waals surface area contributed by atoms with Gasteiger partial charge in [0.25, 0.3) is 0 Å². The number of likely N-dealkylation sites (tertiary alicyclic amines) is 1. The Hall–Kier alpha value is -1.70. The van der Waals surface area contributed by atoms with Gasteiger partial charge in [-0.3, -0.25) is 9.89 Å². The second-order valence-electron chi connectivity index (χ2n) is 7.76. The fraction of sp³-hybridized carbons (Fsp3) is 0.682. The van der Waals surface area contributed by atoms with Crippen LogP contribution in [0, 0.1) is 5.82 Å². The first-order valence-electron chi connectivity index (χ1n) is 11.1. The summed E-state index contributed by atoms with van der Waals surface area (Å²) in [5.74, 6) is 0.649. The number of nitrogens with zero attached hydrogens (tertiary/aromatic N) is 3. The Morgan fingerprint density at radius 3 is 2.48 bits per heavy atom. The number of hydrogen-bond acceptors (Lipinski definition) is 4. The van der Waals surface area contributed by atoms with Crippen LogP contribution in [0.25, 0.3) is 0 Å². The zero-order chi connectivity index (χ0) is 20.3. The van der Waals surface area contributed by atoms with Gasteiger partial charge in [-0.05, 0) is 50.6 Å². The zero-order valence-corrected chi connectivity index (χ0v) is 17.7. The molecule has 0 bridgehead atoms. The smallest absolute Gasteiger partial charge is 0.191 e. The predicted molar refractivity (Wildman–Crippen MR) is 116 cm³/mol. The van der Waals surface area contributed by atoms with Gasteiger partial charge in [0.1, 0.15) is 5.82 Å². The van der Waals surface area contributed by atoms with Crippen LogP contribution in [0.3, 0.4) is 0 Å². The summed E-state index contributed by atoms with van der Waals surface area (Å²) in [4.78, 5) is 9.78. The van der Waals surface area contributed by atoms with E-state index in [1.165, 1.54) is 44.5 Å². The van der Waals surface area contributed by atoms with E-state index in [2.05, 4.69) is 27.4 Å². The third-order valence-corrected chi connectivity index (χ3v) is 5.68. The minimum atomic E-state index is -0.203. The molecule has 0 radical (unpaired) electrons. The van der Waals surface area contributed by atoms with Gasteiger partial charge in [-0.2, -0.15) is 0 Å². The highest BCUT2D eigenvalue weighted by Gasteiger charge is 2.22. The summed E-state index contributed by atoms with van der Waals surface area (Å²) in [5.41, 5.74) is 1.10. The number of rotatable bonds is 8. The Bertz CT molecular complexity index is 612. The first-order valence-corrected chi connectivity index (χ1v) is 11.1. The van der Waals surface area contributed by atoms with E-state index in [1.54, 1.807) is 0 Å². The Balaban J connectivity index is 1.61. The van der Waals surface area contributed by atoms with Crippen molar-refractivity contribution in [3.05, 3.63) is 35.6 Å². The van der Waals surface area contributed by atoms with Crippen LogP contribution >= 0.6 is 0 Å². The van der Waals surface area contributed by atoms with E-state index in [4.69, 9.17) is 9.73 Å². The molecule has 3 rings (SSSR count). The molecule has 1 aromatic carbocycles. The molecular weight excluding hydrogens is 369 g/mol. The van der Waals surface area contributed by atoms with Crippen LogP contribution in [-0.2, 0) is 4.74 Å². The molecule has 162 valence electrons. The van der Waals surface area contributed by atoms with Crippen molar-refractivity contribution in [2.75, 3.05) is 65.6 Å². The van der Waals surface area contributed by atoms with Crippen molar-refractivity contribution < 1.29 is 9.13 Å². The molecule has 1 atom stereocenters. The summed E-state index contributed by atoms with van der Waals surface area (Å²) < 4.78 is 18.9. The highest BCUT2D eigenvalue weighted by Crippen LogP contribution is 2.22. The number of benzene rings is 1. The molecule has 0 aromatic heterocycles. The van der Waals surface area contributed by atoms with E-state index in [0.29, 0.717) is 6.54 Å². The van der Waals surface area contributed by atoms with Crippen molar-refractivity contribution in [1.29, 1.82) is 0 Å². The van der Waals surface area contributed by atoms with Crippen molar-refractivity contribution in [1.82, 2.24) is 20.4 Å². The van der Waals surface area contributed by atoms with E-state index in [0.717, 1.165) is 57.5 Å². The van der Waals surface area contributed by atoms with Gasteiger partial charge in [0.05, 0.1) is 25.8 Å². The maximum absolute atomic E-state index is 13.4. The predicted octanol–water partition coefficient (Wildman–Crippen LogP) is 2.24. The SMILES string of the molecule is CCNC(=NCC(c1ccc(F)cc1)N1CCOCC1)NCCN1CCCCC1. The molecule has 0 saturated carbocycles. The minimum Gasteiger partial charge on any atom is -0.379 e. The Morgan fingerprint density at radius 2 is 1.79 bits per heavy atom. The molecule has 7 heteroatoms. The largest absolute Gasteiger partial charge is 0.379 e. The number of ether oxygens (including phenoxy) is 1. The summed E-state index contributed by atoms with van der Waals surface area (Å²) in [7, 11) is 0. The van der Waals surface area contributed by atoms with Crippen LogP contribution in [0.5, 0.6) is 0 Å². The van der Waals surface area contributed by atoms with Gasteiger partial charge in [-0.15, -0.1) is 0 Å². The second-order valence-corrected chi connectivity index (χ2v) is 7.76. The van der Waals surface area contributed by atoms with Crippen LogP contribution in [0.4, 0.5) is 4.39 Å². The summed E-state index contributed by atoms with van der Waals surface area (Å²) >= 11 is 0. The summed E-state index contributed by atoms with van der Waals surface area (Å²) in [6.45, 7) is 11.1. The molecule has 2 aliphatic heterocycles. The molecule has 2 aliphatic rings. The van der Waals surface area contributed by atoms with Crippen molar-refractivity contribution in [2.45, 2.75) is 32.2 Å². The van der Waals surface area contributed by atoms with Gasteiger partial charge in [0.15, 0.2) is 5.96 Å². The fourth-order valence-electron chi connectivity index (χ4n) is 4.04. The van der Waals surface area contributed by atoms with Gasteiger partial charge >= 0.3 is 0 Å². The molecule has 1 unspecified atom stereocenters. The number of nitrogens with one attached hydrogen (secondary N) is 2. The van der Waals surface area contributed by atoms with Crippen LogP contribution < -0.4 is 10.6 Å². The van der Waals surface area contributed by atoms with E-state index in [1.807, 2.05) is 12.1 Å². The lowest BCUT2D eigenvalue weighted by molar-refractivity contribution is 0.0179. The molecule has 0 spiro atoms. The standard InChI is InChI=1S/C22H36FN5O/c1-2-24-22(25-10-13-27-11-4-3-5-12-27)26-18-21(28-14-16-29-17-15-28)19-6-8-20(23)9-7-19/h6-9,21H,2-5,10-18H2,1H3,(H2,24,25,26). The number of morpholine rings is 1. The minimum absolute atomic E-state index is 0.122. The van der Waals surface area contributed by atoms with Gasteiger partial charge in [-0.25, -0.2) is 4.39 Å². The fourth-order valence-corrected chi connectivity index (χ4v) is 4.04. The van der Waals surface area contributed by atoms with Gasteiger partial charge < -0.3 is 20.3 Å². The molecule has 2 saturated heterocycles. The molecule has 0 amide bonds. The summed E-state index contributed by atoms with van der Waals surface area (Å²) in [6, 6.07) is 6.95. The molecule has 1 aromatic rings. The molecular formula is C22H36FN5O. The lowest BCUT2D eigenvalue weighted by Gasteiger charge is -2.34. The van der Waals surface area contributed by atoms with Crippen LogP contribution in [0.2, 0.25) is 0 Å². The normalized spacial score (nSPS) is 20.4. The molecule has 29 heavy (non-hydrogen) atoms. The maximum atomic E-state index is 13.4. The van der Waals surface area contributed by atoms with Gasteiger partial charge in [0, 0.05) is 32.7 Å². The zero-order valence-electron chi connectivity index (χ0n) is 17.7. The van der Waals surface area contributed by atoms with Gasteiger partial charge in [0.2, 0.25) is 0 Å². The lowest BCUT2D eigenvalue weighted by atomic mass is 10.0. The number of piperidine rings is 1. The third kappa shape index (κ3) is 7.24. The number of aliphatic imine (C=N–C) groups is 1. The molecule has 2 fully saturated rings. The quantitative estimate of drug-likeness (QED) is 0.513. The molecule has 6 nitrogen and oxygen atoms in total. The highest BCUT2D eigenvalue weighted by atomic mass is 19.1. The van der Waals surface area contributed by atoms with Crippen LogP contribution in [-0.4, -0.2) is 81.3 Å². The Labute approximate surface area is 174 Å². The van der Waals surface area contributed by atoms with Crippen molar-refractivity contribution in [3.8, 4) is 0 Å². The third-order valence-electron chi connectivity index (χ3n) is 5.68. The summed E-state index contributed by atoms with van der Waals surface area (Å²) in [5, 5.41) is 6.84. The van der Waals surface area contributed by atoms with E-state index >= 15 is 0 Å². The van der Waals surface area contributed by atoms with E-state index in [9.17, 15) is 4.39 Å². The average Bonchev–Trinajstić information content (AvgIpc) is 2.76. The van der Waals surface area contributed by atoms with E-state index < -0.39 is 0 Å². The Kier molecular flexibility index (Phi) is 9.18. The number of hydrogen-bond donors (Lipinski definition) is 2. The van der Waals surface area contributed by atoms with E-state index in [-0.39, 0.29) is 11.9 Å². The number of halogens is 1. The van der Waals surface area contributed by atoms with Crippen LogP contribution in [0.1, 0.15) is 37.8 Å².